The third-order valence-corrected chi connectivity index (χ3v) is 2.94. The van der Waals surface area contributed by atoms with E-state index in [-0.39, 0.29) is 0 Å². The number of halogens is 1. The Morgan fingerprint density at radius 3 is 2.53 bits per heavy atom. The van der Waals surface area contributed by atoms with E-state index in [1.807, 2.05) is 26.8 Å². The first-order valence-corrected chi connectivity index (χ1v) is 5.45. The van der Waals surface area contributed by atoms with Crippen LogP contribution in [0.15, 0.2) is 6.07 Å². The molecule has 2 rings (SSSR count). The van der Waals surface area contributed by atoms with Crippen LogP contribution in [0, 0.1) is 20.8 Å². The number of hydrogen-bond acceptors (Lipinski definition) is 5. The molecule has 2 aromatic rings. The zero-order valence-electron chi connectivity index (χ0n) is 9.82. The van der Waals surface area contributed by atoms with Gasteiger partial charge in [0.05, 0.1) is 16.4 Å². The average molecular weight is 253 g/mol. The van der Waals surface area contributed by atoms with Crippen molar-refractivity contribution in [2.24, 2.45) is 5.84 Å². The minimum absolute atomic E-state index is 0.351. The molecule has 7 heteroatoms. The van der Waals surface area contributed by atoms with Crippen molar-refractivity contribution < 1.29 is 0 Å². The van der Waals surface area contributed by atoms with Gasteiger partial charge in [0.15, 0.2) is 5.82 Å². The number of hydrogen-bond donors (Lipinski definition) is 2. The van der Waals surface area contributed by atoms with Crippen LogP contribution < -0.4 is 11.3 Å². The molecule has 3 N–H and O–H groups in total. The van der Waals surface area contributed by atoms with Crippen molar-refractivity contribution >= 4 is 17.5 Å². The minimum Gasteiger partial charge on any atom is -0.292 e. The van der Waals surface area contributed by atoms with Crippen LogP contribution in [0.1, 0.15) is 17.1 Å². The number of anilines is 1. The van der Waals surface area contributed by atoms with Gasteiger partial charge in [-0.2, -0.15) is 10.1 Å². The Morgan fingerprint density at radius 1 is 1.29 bits per heavy atom. The lowest BCUT2D eigenvalue weighted by atomic mass is 10.4. The van der Waals surface area contributed by atoms with E-state index in [4.69, 9.17) is 17.4 Å². The zero-order chi connectivity index (χ0) is 12.6. The SMILES string of the molecule is Cc1cc(-n2nc(C)c(Cl)c2C)nc(NN)n1. The fourth-order valence-corrected chi connectivity index (χ4v) is 1.69. The third kappa shape index (κ3) is 2.09. The number of rotatable bonds is 2. The summed E-state index contributed by atoms with van der Waals surface area (Å²) < 4.78 is 1.67. The van der Waals surface area contributed by atoms with Gasteiger partial charge in [-0.05, 0) is 20.8 Å². The van der Waals surface area contributed by atoms with Crippen LogP contribution in [0.2, 0.25) is 5.02 Å². The molecular formula is C10H13ClN6. The second-order valence-electron chi connectivity index (χ2n) is 3.73. The Balaban J connectivity index is 2.59. The molecule has 0 aromatic carbocycles. The largest absolute Gasteiger partial charge is 0.292 e. The zero-order valence-corrected chi connectivity index (χ0v) is 10.6. The summed E-state index contributed by atoms with van der Waals surface area (Å²) in [7, 11) is 0. The fraction of sp³-hybridized carbons (Fsp3) is 0.300. The molecule has 0 radical (unpaired) electrons. The molecule has 0 aliphatic rings. The molecular weight excluding hydrogens is 240 g/mol. The number of nitrogens with two attached hydrogens (primary N) is 1. The maximum absolute atomic E-state index is 6.09. The second kappa shape index (κ2) is 4.31. The lowest BCUT2D eigenvalue weighted by molar-refractivity contribution is 0.798. The Bertz CT molecular complexity index is 562. The first-order chi connectivity index (χ1) is 8.02. The average Bonchev–Trinajstić information content (AvgIpc) is 2.56. The number of nitrogen functional groups attached to an aromatic ring is 1. The molecule has 0 bridgehead atoms. The molecule has 2 aromatic heterocycles. The van der Waals surface area contributed by atoms with Crippen molar-refractivity contribution in [3.8, 4) is 5.82 Å². The van der Waals surface area contributed by atoms with Gasteiger partial charge in [-0.1, -0.05) is 11.6 Å². The Labute approximate surface area is 104 Å². The summed E-state index contributed by atoms with van der Waals surface area (Å²) in [6.07, 6.45) is 0. The van der Waals surface area contributed by atoms with Crippen molar-refractivity contribution in [3.05, 3.63) is 28.2 Å². The van der Waals surface area contributed by atoms with Crippen molar-refractivity contribution in [3.63, 3.8) is 0 Å². The third-order valence-electron chi connectivity index (χ3n) is 2.39. The highest BCUT2D eigenvalue weighted by Crippen LogP contribution is 2.22. The molecule has 0 spiro atoms. The summed E-state index contributed by atoms with van der Waals surface area (Å²) in [5.41, 5.74) is 4.82. The number of aromatic nitrogens is 4. The molecule has 0 saturated heterocycles. The van der Waals surface area contributed by atoms with E-state index in [2.05, 4.69) is 20.5 Å². The number of nitrogens with zero attached hydrogens (tertiary/aromatic N) is 4. The van der Waals surface area contributed by atoms with E-state index in [9.17, 15) is 0 Å². The molecule has 90 valence electrons. The summed E-state index contributed by atoms with van der Waals surface area (Å²) in [4.78, 5) is 8.35. The highest BCUT2D eigenvalue weighted by atomic mass is 35.5. The summed E-state index contributed by atoms with van der Waals surface area (Å²) in [5, 5.41) is 4.96. The van der Waals surface area contributed by atoms with Crippen molar-refractivity contribution in [2.75, 3.05) is 5.43 Å². The summed E-state index contributed by atoms with van der Waals surface area (Å²) in [5.74, 6) is 6.30. The molecule has 2 heterocycles. The maximum atomic E-state index is 6.09. The second-order valence-corrected chi connectivity index (χ2v) is 4.11. The van der Waals surface area contributed by atoms with E-state index < -0.39 is 0 Å². The molecule has 0 aliphatic carbocycles. The fourth-order valence-electron chi connectivity index (χ4n) is 1.57. The molecule has 17 heavy (non-hydrogen) atoms. The molecule has 0 amide bonds. The van der Waals surface area contributed by atoms with E-state index >= 15 is 0 Å². The van der Waals surface area contributed by atoms with Gasteiger partial charge >= 0.3 is 0 Å². The van der Waals surface area contributed by atoms with E-state index in [1.54, 1.807) is 4.68 Å². The Kier molecular flexibility index (Phi) is 2.99. The van der Waals surface area contributed by atoms with E-state index in [1.165, 1.54) is 0 Å². The molecule has 0 atom stereocenters. The van der Waals surface area contributed by atoms with Crippen LogP contribution in [0.4, 0.5) is 5.95 Å². The monoisotopic (exact) mass is 252 g/mol. The number of nitrogens with one attached hydrogen (secondary N) is 1. The molecule has 0 unspecified atom stereocenters. The van der Waals surface area contributed by atoms with Crippen LogP contribution in [-0.2, 0) is 0 Å². The van der Waals surface area contributed by atoms with Crippen LogP contribution in [0.3, 0.4) is 0 Å². The van der Waals surface area contributed by atoms with E-state index in [0.717, 1.165) is 17.1 Å². The first-order valence-electron chi connectivity index (χ1n) is 5.07. The van der Waals surface area contributed by atoms with Gasteiger partial charge < -0.3 is 0 Å². The lowest BCUT2D eigenvalue weighted by Crippen LogP contribution is -2.13. The van der Waals surface area contributed by atoms with Gasteiger partial charge in [0.2, 0.25) is 5.95 Å². The highest BCUT2D eigenvalue weighted by Gasteiger charge is 2.12. The maximum Gasteiger partial charge on any atom is 0.239 e. The van der Waals surface area contributed by atoms with Crippen LogP contribution in [-0.4, -0.2) is 19.7 Å². The molecule has 6 nitrogen and oxygen atoms in total. The smallest absolute Gasteiger partial charge is 0.239 e. The topological polar surface area (TPSA) is 81.7 Å². The summed E-state index contributed by atoms with van der Waals surface area (Å²) >= 11 is 6.09. The number of hydrazine groups is 1. The van der Waals surface area contributed by atoms with Gasteiger partial charge in [-0.15, -0.1) is 0 Å². The van der Waals surface area contributed by atoms with Gasteiger partial charge in [-0.3, -0.25) is 5.43 Å². The van der Waals surface area contributed by atoms with Crippen LogP contribution in [0.25, 0.3) is 5.82 Å². The Hall–Kier alpha value is -1.66. The Morgan fingerprint density at radius 2 is 2.00 bits per heavy atom. The number of aryl methyl sites for hydroxylation is 2. The predicted molar refractivity (Wildman–Crippen MR) is 66.2 cm³/mol. The van der Waals surface area contributed by atoms with Gasteiger partial charge in [0.25, 0.3) is 0 Å². The predicted octanol–water partition coefficient (Wildman–Crippen LogP) is 1.53. The van der Waals surface area contributed by atoms with Crippen molar-refractivity contribution in [1.29, 1.82) is 0 Å². The van der Waals surface area contributed by atoms with Crippen molar-refractivity contribution in [1.82, 2.24) is 19.7 Å². The minimum atomic E-state index is 0.351. The van der Waals surface area contributed by atoms with Crippen LogP contribution in [0.5, 0.6) is 0 Å². The van der Waals surface area contributed by atoms with Crippen molar-refractivity contribution in [2.45, 2.75) is 20.8 Å². The van der Waals surface area contributed by atoms with Crippen LogP contribution >= 0.6 is 11.6 Å². The standard InChI is InChI=1S/C10H13ClN6/c1-5-4-8(14-10(13-5)15-12)17-7(3)9(11)6(2)16-17/h4H,12H2,1-3H3,(H,13,14,15). The summed E-state index contributed by atoms with van der Waals surface area (Å²) in [6.45, 7) is 5.59. The molecule has 0 fully saturated rings. The highest BCUT2D eigenvalue weighted by molar-refractivity contribution is 6.31. The normalized spacial score (nSPS) is 10.6. The quantitative estimate of drug-likeness (QED) is 0.626. The van der Waals surface area contributed by atoms with Gasteiger partial charge in [-0.25, -0.2) is 15.5 Å². The molecule has 0 aliphatic heterocycles. The van der Waals surface area contributed by atoms with Gasteiger partial charge in [0, 0.05) is 11.8 Å². The lowest BCUT2D eigenvalue weighted by Gasteiger charge is -2.06. The van der Waals surface area contributed by atoms with E-state index in [0.29, 0.717) is 16.8 Å². The van der Waals surface area contributed by atoms with Gasteiger partial charge in [0.1, 0.15) is 0 Å². The summed E-state index contributed by atoms with van der Waals surface area (Å²) in [6, 6.07) is 1.82. The molecule has 0 saturated carbocycles. The first kappa shape index (κ1) is 11.8.